The lowest BCUT2D eigenvalue weighted by Crippen LogP contribution is -2.00. The van der Waals surface area contributed by atoms with Crippen molar-refractivity contribution < 1.29 is 9.21 Å². The lowest BCUT2D eigenvalue weighted by molar-refractivity contribution is 0.268. The van der Waals surface area contributed by atoms with Gasteiger partial charge >= 0.3 is 5.37 Å². The SMILES string of the molecule is O=C(Cl)Nc1oc(-c2ccccc2)nc1-c1ccccc1. The second kappa shape index (κ2) is 5.81. The van der Waals surface area contributed by atoms with Gasteiger partial charge in [-0.2, -0.15) is 0 Å². The van der Waals surface area contributed by atoms with Crippen LogP contribution in [0.3, 0.4) is 0 Å². The fourth-order valence-electron chi connectivity index (χ4n) is 1.99. The number of amides is 1. The highest BCUT2D eigenvalue weighted by atomic mass is 35.5. The second-order valence-electron chi connectivity index (χ2n) is 4.33. The van der Waals surface area contributed by atoms with Gasteiger partial charge < -0.3 is 4.42 Å². The van der Waals surface area contributed by atoms with Crippen LogP contribution in [0.25, 0.3) is 22.7 Å². The molecule has 21 heavy (non-hydrogen) atoms. The first kappa shape index (κ1) is 13.4. The van der Waals surface area contributed by atoms with Gasteiger partial charge in [0.2, 0.25) is 11.8 Å². The molecule has 0 aliphatic rings. The smallest absolute Gasteiger partial charge is 0.320 e. The minimum atomic E-state index is -0.719. The van der Waals surface area contributed by atoms with Gasteiger partial charge in [0.15, 0.2) is 0 Å². The molecule has 0 atom stereocenters. The maximum atomic E-state index is 11.1. The van der Waals surface area contributed by atoms with Crippen molar-refractivity contribution in [2.24, 2.45) is 0 Å². The summed E-state index contributed by atoms with van der Waals surface area (Å²) in [5.74, 6) is 0.662. The van der Waals surface area contributed by atoms with Crippen LogP contribution in [-0.2, 0) is 0 Å². The fraction of sp³-hybridized carbons (Fsp3) is 0. The molecule has 104 valence electrons. The van der Waals surface area contributed by atoms with E-state index >= 15 is 0 Å². The number of oxazole rings is 1. The predicted molar refractivity (Wildman–Crippen MR) is 82.2 cm³/mol. The van der Waals surface area contributed by atoms with Crippen LogP contribution in [0.4, 0.5) is 10.7 Å². The van der Waals surface area contributed by atoms with E-state index in [0.29, 0.717) is 11.6 Å². The summed E-state index contributed by atoms with van der Waals surface area (Å²) in [6.07, 6.45) is 0. The minimum absolute atomic E-state index is 0.236. The molecular weight excluding hydrogens is 288 g/mol. The van der Waals surface area contributed by atoms with Gasteiger partial charge in [0.05, 0.1) is 0 Å². The highest BCUT2D eigenvalue weighted by Crippen LogP contribution is 2.32. The Balaban J connectivity index is 2.10. The van der Waals surface area contributed by atoms with Gasteiger partial charge in [-0.15, -0.1) is 0 Å². The molecule has 1 aromatic heterocycles. The van der Waals surface area contributed by atoms with E-state index in [2.05, 4.69) is 10.3 Å². The zero-order valence-corrected chi connectivity index (χ0v) is 11.7. The number of nitrogens with one attached hydrogen (secondary N) is 1. The number of rotatable bonds is 3. The summed E-state index contributed by atoms with van der Waals surface area (Å²) in [6.45, 7) is 0. The Bertz CT molecular complexity index is 754. The molecule has 0 bridgehead atoms. The Morgan fingerprint density at radius 2 is 1.52 bits per heavy atom. The normalized spacial score (nSPS) is 10.3. The molecule has 2 aromatic carbocycles. The fourth-order valence-corrected chi connectivity index (χ4v) is 2.08. The predicted octanol–water partition coefficient (Wildman–Crippen LogP) is 4.78. The summed E-state index contributed by atoms with van der Waals surface area (Å²) in [5.41, 5.74) is 2.21. The first-order valence-electron chi connectivity index (χ1n) is 6.32. The van der Waals surface area contributed by atoms with Crippen LogP contribution in [0.1, 0.15) is 0 Å². The molecule has 5 heteroatoms. The first-order valence-corrected chi connectivity index (χ1v) is 6.70. The molecule has 0 spiro atoms. The lowest BCUT2D eigenvalue weighted by atomic mass is 10.1. The van der Waals surface area contributed by atoms with Gasteiger partial charge in [-0.05, 0) is 23.7 Å². The number of carbonyl (C=O) groups is 1. The summed E-state index contributed by atoms with van der Waals surface area (Å²) in [7, 11) is 0. The van der Waals surface area contributed by atoms with Crippen molar-refractivity contribution in [3.63, 3.8) is 0 Å². The number of hydrogen-bond donors (Lipinski definition) is 1. The molecule has 3 aromatic rings. The maximum absolute atomic E-state index is 11.1. The highest BCUT2D eigenvalue weighted by Gasteiger charge is 2.17. The number of hydrogen-bond acceptors (Lipinski definition) is 3. The Morgan fingerprint density at radius 3 is 2.10 bits per heavy atom. The van der Waals surface area contributed by atoms with Crippen molar-refractivity contribution in [3.05, 3.63) is 60.7 Å². The molecule has 0 aliphatic carbocycles. The Kier molecular flexibility index (Phi) is 3.71. The maximum Gasteiger partial charge on any atom is 0.320 e. The van der Waals surface area contributed by atoms with Crippen molar-refractivity contribution in [1.29, 1.82) is 0 Å². The van der Waals surface area contributed by atoms with Crippen LogP contribution in [0.2, 0.25) is 0 Å². The summed E-state index contributed by atoms with van der Waals surface area (Å²) < 4.78 is 5.64. The number of carbonyl (C=O) groups excluding carboxylic acids is 1. The van der Waals surface area contributed by atoms with Crippen molar-refractivity contribution in [3.8, 4) is 22.7 Å². The van der Waals surface area contributed by atoms with Gasteiger partial charge in [-0.1, -0.05) is 48.5 Å². The summed E-state index contributed by atoms with van der Waals surface area (Å²) in [6, 6.07) is 18.9. The van der Waals surface area contributed by atoms with Crippen molar-refractivity contribution >= 4 is 22.9 Å². The molecule has 1 N–H and O–H groups in total. The van der Waals surface area contributed by atoms with Crippen LogP contribution >= 0.6 is 11.6 Å². The topological polar surface area (TPSA) is 55.1 Å². The third-order valence-corrected chi connectivity index (χ3v) is 3.00. The van der Waals surface area contributed by atoms with Crippen LogP contribution in [0, 0.1) is 0 Å². The first-order chi connectivity index (χ1) is 10.2. The molecule has 0 saturated heterocycles. The lowest BCUT2D eigenvalue weighted by Gasteiger charge is -1.99. The zero-order chi connectivity index (χ0) is 14.7. The third kappa shape index (κ3) is 2.95. The van der Waals surface area contributed by atoms with Gasteiger partial charge in [0.25, 0.3) is 0 Å². The third-order valence-electron chi connectivity index (χ3n) is 2.91. The van der Waals surface area contributed by atoms with E-state index in [0.717, 1.165) is 11.1 Å². The quantitative estimate of drug-likeness (QED) is 0.559. The van der Waals surface area contributed by atoms with Crippen molar-refractivity contribution in [2.45, 2.75) is 0 Å². The molecular formula is C16H11ClN2O2. The molecule has 0 aliphatic heterocycles. The van der Waals surface area contributed by atoms with Crippen LogP contribution in [-0.4, -0.2) is 10.4 Å². The molecule has 1 heterocycles. The van der Waals surface area contributed by atoms with Crippen molar-refractivity contribution in [2.75, 3.05) is 5.32 Å². The molecule has 0 fully saturated rings. The van der Waals surface area contributed by atoms with E-state index in [9.17, 15) is 4.79 Å². The van der Waals surface area contributed by atoms with E-state index in [1.54, 1.807) is 0 Å². The Labute approximate surface area is 126 Å². The summed E-state index contributed by atoms with van der Waals surface area (Å²) >= 11 is 5.39. The van der Waals surface area contributed by atoms with Crippen LogP contribution < -0.4 is 5.32 Å². The summed E-state index contributed by atoms with van der Waals surface area (Å²) in [5, 5.41) is 1.74. The second-order valence-corrected chi connectivity index (χ2v) is 4.67. The number of halogens is 1. The van der Waals surface area contributed by atoms with Gasteiger partial charge in [0.1, 0.15) is 5.69 Å². The number of nitrogens with zero attached hydrogens (tertiary/aromatic N) is 1. The molecule has 0 unspecified atom stereocenters. The number of anilines is 1. The largest absolute Gasteiger partial charge is 0.420 e. The molecule has 1 amide bonds. The van der Waals surface area contributed by atoms with E-state index < -0.39 is 5.37 Å². The van der Waals surface area contributed by atoms with E-state index in [-0.39, 0.29) is 5.88 Å². The Hall–Kier alpha value is -2.59. The Morgan fingerprint density at radius 1 is 0.952 bits per heavy atom. The van der Waals surface area contributed by atoms with Crippen LogP contribution in [0.15, 0.2) is 65.1 Å². The van der Waals surface area contributed by atoms with E-state index in [1.807, 2.05) is 60.7 Å². The van der Waals surface area contributed by atoms with Crippen LogP contribution in [0.5, 0.6) is 0 Å². The highest BCUT2D eigenvalue weighted by molar-refractivity contribution is 6.65. The average molecular weight is 299 g/mol. The molecule has 4 nitrogen and oxygen atoms in total. The summed E-state index contributed by atoms with van der Waals surface area (Å²) in [4.78, 5) is 15.6. The zero-order valence-electron chi connectivity index (χ0n) is 10.9. The molecule has 3 rings (SSSR count). The van der Waals surface area contributed by atoms with E-state index in [4.69, 9.17) is 16.0 Å². The minimum Gasteiger partial charge on any atom is -0.420 e. The van der Waals surface area contributed by atoms with Gasteiger partial charge in [-0.25, -0.2) is 4.98 Å². The van der Waals surface area contributed by atoms with Gasteiger partial charge in [0, 0.05) is 11.1 Å². The monoisotopic (exact) mass is 298 g/mol. The van der Waals surface area contributed by atoms with Gasteiger partial charge in [-0.3, -0.25) is 10.1 Å². The molecule has 0 radical (unpaired) electrons. The van der Waals surface area contributed by atoms with E-state index in [1.165, 1.54) is 0 Å². The standard InChI is InChI=1S/C16H11ClN2O2/c17-16(20)19-15-13(11-7-3-1-4-8-11)18-14(21-15)12-9-5-2-6-10-12/h1-10H,(H,19,20). The van der Waals surface area contributed by atoms with Crippen molar-refractivity contribution in [1.82, 2.24) is 4.98 Å². The molecule has 0 saturated carbocycles. The number of aromatic nitrogens is 1. The number of benzene rings is 2. The average Bonchev–Trinajstić information content (AvgIpc) is 2.92.